The van der Waals surface area contributed by atoms with Crippen LogP contribution in [-0.4, -0.2) is 30.9 Å². The number of hydrogen-bond acceptors (Lipinski definition) is 4. The van der Waals surface area contributed by atoms with E-state index in [1.807, 2.05) is 30.3 Å². The maximum Gasteiger partial charge on any atom is 0.150 e. The van der Waals surface area contributed by atoms with Crippen LogP contribution in [0.3, 0.4) is 0 Å². The first-order chi connectivity index (χ1) is 10.0. The summed E-state index contributed by atoms with van der Waals surface area (Å²) in [4.78, 5) is 4.62. The molecule has 1 saturated heterocycles. The van der Waals surface area contributed by atoms with Gasteiger partial charge in [0.1, 0.15) is 0 Å². The quantitative estimate of drug-likeness (QED) is 0.936. The molecule has 0 aliphatic carbocycles. The van der Waals surface area contributed by atoms with E-state index in [2.05, 4.69) is 11.1 Å². The third-order valence-electron chi connectivity index (χ3n) is 4.09. The molecule has 0 saturated carbocycles. The fourth-order valence-electron chi connectivity index (χ4n) is 3.06. The normalized spacial score (nSPS) is 22.4. The number of para-hydroxylation sites is 1. The summed E-state index contributed by atoms with van der Waals surface area (Å²) >= 11 is 0. The van der Waals surface area contributed by atoms with Gasteiger partial charge in [0.05, 0.1) is 17.0 Å². The molecule has 2 atom stereocenters. The van der Waals surface area contributed by atoms with Crippen LogP contribution in [-0.2, 0) is 16.3 Å². The molecule has 21 heavy (non-hydrogen) atoms. The summed E-state index contributed by atoms with van der Waals surface area (Å²) in [7, 11) is -2.81. The highest BCUT2D eigenvalue weighted by Gasteiger charge is 2.29. The highest BCUT2D eigenvalue weighted by Crippen LogP contribution is 2.23. The van der Waals surface area contributed by atoms with Gasteiger partial charge in [-0.05, 0) is 30.9 Å². The Morgan fingerprint density at radius 3 is 2.81 bits per heavy atom. The lowest BCUT2D eigenvalue weighted by Gasteiger charge is -2.15. The molecule has 4 nitrogen and oxygen atoms in total. The smallest absolute Gasteiger partial charge is 0.150 e. The van der Waals surface area contributed by atoms with E-state index < -0.39 is 9.84 Å². The van der Waals surface area contributed by atoms with E-state index in [9.17, 15) is 8.42 Å². The van der Waals surface area contributed by atoms with E-state index in [4.69, 9.17) is 5.73 Å². The molecule has 2 unspecified atom stereocenters. The van der Waals surface area contributed by atoms with Crippen LogP contribution >= 0.6 is 0 Å². The van der Waals surface area contributed by atoms with Gasteiger partial charge in [-0.15, -0.1) is 0 Å². The lowest BCUT2D eigenvalue weighted by atomic mass is 9.97. The lowest BCUT2D eigenvalue weighted by molar-refractivity contribution is 0.466. The van der Waals surface area contributed by atoms with Crippen LogP contribution in [0.15, 0.2) is 36.4 Å². The van der Waals surface area contributed by atoms with Crippen LogP contribution in [0.4, 0.5) is 0 Å². The number of rotatable bonds is 4. The first kappa shape index (κ1) is 14.5. The Labute approximate surface area is 125 Å². The van der Waals surface area contributed by atoms with Crippen LogP contribution in [0.1, 0.15) is 18.5 Å². The van der Waals surface area contributed by atoms with Gasteiger partial charge in [-0.3, -0.25) is 4.98 Å². The number of hydrogen-bond donors (Lipinski definition) is 1. The average molecular weight is 304 g/mol. The molecule has 5 heteroatoms. The second-order valence-electron chi connectivity index (χ2n) is 5.96. The second kappa shape index (κ2) is 5.73. The van der Waals surface area contributed by atoms with Gasteiger partial charge in [-0.25, -0.2) is 8.42 Å². The average Bonchev–Trinajstić information content (AvgIpc) is 2.77. The summed E-state index contributed by atoms with van der Waals surface area (Å²) in [6.45, 7) is 0. The highest BCUT2D eigenvalue weighted by molar-refractivity contribution is 7.91. The molecule has 1 aromatic heterocycles. The summed E-state index contributed by atoms with van der Waals surface area (Å²) in [6.07, 6.45) is 2.20. The van der Waals surface area contributed by atoms with Crippen molar-refractivity contribution in [1.29, 1.82) is 0 Å². The standard InChI is InChI=1S/C16H20N2O2S/c17-14(9-12-7-8-21(19,20)11-12)10-15-6-5-13-3-1-2-4-16(13)18-15/h1-6,12,14H,7-11,17H2. The van der Waals surface area contributed by atoms with Gasteiger partial charge < -0.3 is 5.73 Å². The summed E-state index contributed by atoms with van der Waals surface area (Å²) < 4.78 is 22.9. The minimum atomic E-state index is -2.81. The number of pyridine rings is 1. The van der Waals surface area contributed by atoms with E-state index in [-0.39, 0.29) is 12.0 Å². The Hall–Kier alpha value is -1.46. The van der Waals surface area contributed by atoms with Gasteiger partial charge in [0.2, 0.25) is 0 Å². The van der Waals surface area contributed by atoms with Crippen molar-refractivity contribution in [3.05, 3.63) is 42.1 Å². The summed E-state index contributed by atoms with van der Waals surface area (Å²) in [5.74, 6) is 0.829. The SMILES string of the molecule is NC(Cc1ccc2ccccc2n1)CC1CCS(=O)(=O)C1. The van der Waals surface area contributed by atoms with E-state index in [1.54, 1.807) is 0 Å². The van der Waals surface area contributed by atoms with Crippen molar-refractivity contribution in [1.82, 2.24) is 4.98 Å². The molecule has 2 heterocycles. The van der Waals surface area contributed by atoms with Crippen molar-refractivity contribution in [3.63, 3.8) is 0 Å². The number of aromatic nitrogens is 1. The van der Waals surface area contributed by atoms with Crippen molar-refractivity contribution >= 4 is 20.7 Å². The van der Waals surface area contributed by atoms with Crippen molar-refractivity contribution in [3.8, 4) is 0 Å². The maximum absolute atomic E-state index is 11.5. The highest BCUT2D eigenvalue weighted by atomic mass is 32.2. The van der Waals surface area contributed by atoms with Gasteiger partial charge in [0, 0.05) is 23.5 Å². The molecule has 1 aromatic carbocycles. The van der Waals surface area contributed by atoms with Crippen LogP contribution in [0, 0.1) is 5.92 Å². The van der Waals surface area contributed by atoms with Gasteiger partial charge in [0.15, 0.2) is 9.84 Å². The fourth-order valence-corrected chi connectivity index (χ4v) is 4.94. The van der Waals surface area contributed by atoms with E-state index >= 15 is 0 Å². The monoisotopic (exact) mass is 304 g/mol. The Morgan fingerprint density at radius 1 is 1.24 bits per heavy atom. The van der Waals surface area contributed by atoms with E-state index in [1.165, 1.54) is 0 Å². The van der Waals surface area contributed by atoms with E-state index in [0.717, 1.165) is 29.4 Å². The van der Waals surface area contributed by atoms with Crippen LogP contribution in [0.2, 0.25) is 0 Å². The molecule has 1 fully saturated rings. The number of nitrogens with two attached hydrogens (primary N) is 1. The Balaban J connectivity index is 1.64. The maximum atomic E-state index is 11.5. The first-order valence-corrected chi connectivity index (χ1v) is 9.15. The third kappa shape index (κ3) is 3.60. The molecule has 3 rings (SSSR count). The number of benzene rings is 1. The molecule has 0 spiro atoms. The zero-order chi connectivity index (χ0) is 14.9. The Morgan fingerprint density at radius 2 is 2.05 bits per heavy atom. The molecule has 1 aliphatic rings. The molecular formula is C16H20N2O2S. The van der Waals surface area contributed by atoms with E-state index in [0.29, 0.717) is 17.9 Å². The van der Waals surface area contributed by atoms with Crippen LogP contribution in [0.25, 0.3) is 10.9 Å². The Bertz CT molecular complexity index is 743. The van der Waals surface area contributed by atoms with Gasteiger partial charge in [-0.1, -0.05) is 24.3 Å². The summed E-state index contributed by atoms with van der Waals surface area (Å²) in [5, 5.41) is 1.12. The molecule has 1 aliphatic heterocycles. The number of fused-ring (bicyclic) bond motifs is 1. The molecule has 2 N–H and O–H groups in total. The van der Waals surface area contributed by atoms with Crippen LogP contribution in [0.5, 0.6) is 0 Å². The van der Waals surface area contributed by atoms with Crippen molar-refractivity contribution < 1.29 is 8.42 Å². The molecule has 0 bridgehead atoms. The van der Waals surface area contributed by atoms with Gasteiger partial charge in [0.25, 0.3) is 0 Å². The predicted molar refractivity (Wildman–Crippen MR) is 84.8 cm³/mol. The van der Waals surface area contributed by atoms with Crippen molar-refractivity contribution in [2.24, 2.45) is 11.7 Å². The minimum Gasteiger partial charge on any atom is -0.327 e. The molecular weight excluding hydrogens is 284 g/mol. The lowest BCUT2D eigenvalue weighted by Crippen LogP contribution is -2.27. The van der Waals surface area contributed by atoms with Crippen molar-refractivity contribution in [2.45, 2.75) is 25.3 Å². The number of nitrogens with zero attached hydrogens (tertiary/aromatic N) is 1. The zero-order valence-corrected chi connectivity index (χ0v) is 12.7. The number of sulfone groups is 1. The largest absolute Gasteiger partial charge is 0.327 e. The second-order valence-corrected chi connectivity index (χ2v) is 8.19. The molecule has 112 valence electrons. The molecule has 0 amide bonds. The van der Waals surface area contributed by atoms with Crippen molar-refractivity contribution in [2.75, 3.05) is 11.5 Å². The topological polar surface area (TPSA) is 73.0 Å². The van der Waals surface area contributed by atoms with Crippen LogP contribution < -0.4 is 5.73 Å². The van der Waals surface area contributed by atoms with Gasteiger partial charge >= 0.3 is 0 Å². The molecule has 0 radical (unpaired) electrons. The molecule has 2 aromatic rings. The predicted octanol–water partition coefficient (Wildman–Crippen LogP) is 1.93. The van der Waals surface area contributed by atoms with Gasteiger partial charge in [-0.2, -0.15) is 0 Å². The minimum absolute atomic E-state index is 0.0306. The first-order valence-electron chi connectivity index (χ1n) is 7.32. The Kier molecular flexibility index (Phi) is 3.95. The summed E-state index contributed by atoms with van der Waals surface area (Å²) in [5.41, 5.74) is 8.13. The zero-order valence-electron chi connectivity index (χ0n) is 11.9. The third-order valence-corrected chi connectivity index (χ3v) is 5.93. The summed E-state index contributed by atoms with van der Waals surface area (Å²) in [6, 6.07) is 12.0. The fraction of sp³-hybridized carbons (Fsp3) is 0.438.